The predicted molar refractivity (Wildman–Crippen MR) is 68.8 cm³/mol. The van der Waals surface area contributed by atoms with Crippen molar-refractivity contribution in [2.75, 3.05) is 32.8 Å². The minimum absolute atomic E-state index is 0.0169. The topological polar surface area (TPSA) is 70.1 Å². The van der Waals surface area contributed by atoms with Crippen molar-refractivity contribution in [2.45, 2.75) is 38.3 Å². The largest absolute Gasteiger partial charge is 0.480 e. The van der Waals surface area contributed by atoms with E-state index in [1.54, 1.807) is 9.80 Å². The molecule has 1 N–H and O–H groups in total. The number of nitrogens with zero attached hydrogens (tertiary/aromatic N) is 2. The molecule has 6 heteroatoms. The fraction of sp³-hybridized carbons (Fsp3) is 0.846. The van der Waals surface area contributed by atoms with Crippen molar-refractivity contribution < 1.29 is 19.4 Å². The molecular weight excluding hydrogens is 248 g/mol. The van der Waals surface area contributed by atoms with E-state index in [2.05, 4.69) is 0 Å². The number of piperidine rings is 1. The first-order chi connectivity index (χ1) is 9.08. The predicted octanol–water partition coefficient (Wildman–Crippen LogP) is 0.173. The van der Waals surface area contributed by atoms with Gasteiger partial charge < -0.3 is 14.7 Å². The number of carboxylic acid groups (broad SMARTS) is 1. The Balaban J connectivity index is 1.91. The van der Waals surface area contributed by atoms with Gasteiger partial charge in [0.25, 0.3) is 0 Å². The molecule has 108 valence electrons. The third-order valence-corrected chi connectivity index (χ3v) is 3.83. The molecule has 2 aliphatic heterocycles. The molecule has 0 aromatic heterocycles. The fourth-order valence-electron chi connectivity index (χ4n) is 2.78. The van der Waals surface area contributed by atoms with Crippen LogP contribution in [0.2, 0.25) is 0 Å². The van der Waals surface area contributed by atoms with E-state index in [1.807, 2.05) is 6.92 Å². The molecule has 2 rings (SSSR count). The molecule has 2 fully saturated rings. The first-order valence-corrected chi connectivity index (χ1v) is 6.94. The van der Waals surface area contributed by atoms with Crippen LogP contribution in [-0.2, 0) is 14.3 Å². The van der Waals surface area contributed by atoms with E-state index in [4.69, 9.17) is 4.74 Å². The zero-order chi connectivity index (χ0) is 13.8. The Morgan fingerprint density at radius 1 is 1.32 bits per heavy atom. The van der Waals surface area contributed by atoms with Gasteiger partial charge in [-0.05, 0) is 26.3 Å². The number of carbonyl (C=O) groups is 2. The molecule has 0 saturated carbocycles. The normalized spacial score (nSPS) is 29.2. The summed E-state index contributed by atoms with van der Waals surface area (Å²) in [7, 11) is 0. The first-order valence-electron chi connectivity index (χ1n) is 6.94. The Bertz CT molecular complexity index is 348. The van der Waals surface area contributed by atoms with Gasteiger partial charge in [-0.3, -0.25) is 14.5 Å². The van der Waals surface area contributed by atoms with E-state index in [-0.39, 0.29) is 18.6 Å². The summed E-state index contributed by atoms with van der Waals surface area (Å²) < 4.78 is 5.41. The summed E-state index contributed by atoms with van der Waals surface area (Å²) >= 11 is 0. The molecular formula is C13H22N2O4. The number of amides is 1. The lowest BCUT2D eigenvalue weighted by Crippen LogP contribution is -2.52. The first kappa shape index (κ1) is 14.3. The van der Waals surface area contributed by atoms with Crippen molar-refractivity contribution in [3.63, 3.8) is 0 Å². The molecule has 2 aliphatic rings. The number of carbonyl (C=O) groups excluding carboxylic acids is 1. The highest BCUT2D eigenvalue weighted by atomic mass is 16.5. The number of likely N-dealkylation sites (tertiary alicyclic amines) is 1. The lowest BCUT2D eigenvalue weighted by atomic mass is 10.0. The third-order valence-electron chi connectivity index (χ3n) is 3.83. The second kappa shape index (κ2) is 6.34. The third kappa shape index (κ3) is 3.67. The van der Waals surface area contributed by atoms with Crippen LogP contribution >= 0.6 is 0 Å². The number of hydrogen-bond acceptors (Lipinski definition) is 4. The molecule has 2 atom stereocenters. The Labute approximate surface area is 113 Å². The molecule has 2 heterocycles. The Kier molecular flexibility index (Phi) is 4.76. The van der Waals surface area contributed by atoms with Crippen molar-refractivity contribution in [2.24, 2.45) is 0 Å². The van der Waals surface area contributed by atoms with E-state index < -0.39 is 12.0 Å². The van der Waals surface area contributed by atoms with E-state index in [0.717, 1.165) is 12.8 Å². The van der Waals surface area contributed by atoms with E-state index in [9.17, 15) is 14.7 Å². The van der Waals surface area contributed by atoms with Gasteiger partial charge in [0.05, 0.1) is 19.3 Å². The lowest BCUT2D eigenvalue weighted by Gasteiger charge is -2.36. The summed E-state index contributed by atoms with van der Waals surface area (Å²) in [4.78, 5) is 27.0. The fourth-order valence-corrected chi connectivity index (χ4v) is 2.78. The van der Waals surface area contributed by atoms with Crippen LogP contribution in [0.1, 0.15) is 26.2 Å². The minimum atomic E-state index is -0.817. The van der Waals surface area contributed by atoms with E-state index in [1.165, 1.54) is 0 Å². The van der Waals surface area contributed by atoms with Gasteiger partial charge >= 0.3 is 5.97 Å². The smallest absolute Gasteiger partial charge is 0.320 e. The van der Waals surface area contributed by atoms with Gasteiger partial charge in [0.1, 0.15) is 6.04 Å². The number of hydrogen-bond donors (Lipinski definition) is 1. The van der Waals surface area contributed by atoms with E-state index >= 15 is 0 Å². The zero-order valence-corrected chi connectivity index (χ0v) is 11.4. The Morgan fingerprint density at radius 3 is 2.79 bits per heavy atom. The van der Waals surface area contributed by atoms with Gasteiger partial charge in [-0.1, -0.05) is 6.42 Å². The summed E-state index contributed by atoms with van der Waals surface area (Å²) in [5.74, 6) is -0.800. The zero-order valence-electron chi connectivity index (χ0n) is 11.4. The number of rotatable bonds is 3. The van der Waals surface area contributed by atoms with Gasteiger partial charge in [-0.25, -0.2) is 0 Å². The van der Waals surface area contributed by atoms with Crippen molar-refractivity contribution in [1.29, 1.82) is 0 Å². The maximum atomic E-state index is 12.2. The van der Waals surface area contributed by atoms with Crippen molar-refractivity contribution >= 4 is 11.9 Å². The second-order valence-electron chi connectivity index (χ2n) is 5.34. The van der Waals surface area contributed by atoms with Gasteiger partial charge in [0.2, 0.25) is 5.91 Å². The summed E-state index contributed by atoms with van der Waals surface area (Å²) in [6.07, 6.45) is 2.60. The molecule has 6 nitrogen and oxygen atoms in total. The molecule has 0 spiro atoms. The molecule has 1 amide bonds. The van der Waals surface area contributed by atoms with Crippen LogP contribution in [0.3, 0.4) is 0 Å². The lowest BCUT2D eigenvalue weighted by molar-refractivity contribution is -0.148. The van der Waals surface area contributed by atoms with Crippen LogP contribution < -0.4 is 0 Å². The van der Waals surface area contributed by atoms with Crippen molar-refractivity contribution in [1.82, 2.24) is 9.80 Å². The van der Waals surface area contributed by atoms with Crippen molar-refractivity contribution in [3.8, 4) is 0 Å². The average molecular weight is 270 g/mol. The quantitative estimate of drug-likeness (QED) is 0.792. The summed E-state index contributed by atoms with van der Waals surface area (Å²) in [5.41, 5.74) is 0. The number of ether oxygens (including phenoxy) is 1. The van der Waals surface area contributed by atoms with E-state index in [0.29, 0.717) is 32.7 Å². The SMILES string of the molecule is CC1CN(C(=O)CN2CCCCC2C(=O)O)CCO1. The molecule has 2 unspecified atom stereocenters. The maximum Gasteiger partial charge on any atom is 0.320 e. The van der Waals surface area contributed by atoms with Crippen LogP contribution in [0.4, 0.5) is 0 Å². The average Bonchev–Trinajstić information content (AvgIpc) is 2.39. The highest BCUT2D eigenvalue weighted by Crippen LogP contribution is 2.17. The Hall–Kier alpha value is -1.14. The maximum absolute atomic E-state index is 12.2. The summed E-state index contributed by atoms with van der Waals surface area (Å²) in [6.45, 7) is 4.63. The minimum Gasteiger partial charge on any atom is -0.480 e. The molecule has 0 aromatic rings. The molecule has 19 heavy (non-hydrogen) atoms. The molecule has 0 aliphatic carbocycles. The molecule has 0 bridgehead atoms. The van der Waals surface area contributed by atoms with Crippen LogP contribution in [0.5, 0.6) is 0 Å². The summed E-state index contributed by atoms with van der Waals surface area (Å²) in [6, 6.07) is -0.504. The standard InChI is InChI=1S/C13H22N2O4/c1-10-8-15(6-7-19-10)12(16)9-14-5-3-2-4-11(14)13(17)18/h10-11H,2-9H2,1H3,(H,17,18). The van der Waals surface area contributed by atoms with Crippen LogP contribution in [0.15, 0.2) is 0 Å². The molecule has 0 aromatic carbocycles. The number of aliphatic carboxylic acids is 1. The Morgan fingerprint density at radius 2 is 2.11 bits per heavy atom. The summed E-state index contributed by atoms with van der Waals surface area (Å²) in [5, 5.41) is 9.19. The number of carboxylic acids is 1. The van der Waals surface area contributed by atoms with Gasteiger partial charge in [-0.15, -0.1) is 0 Å². The van der Waals surface area contributed by atoms with Crippen LogP contribution in [-0.4, -0.2) is 71.7 Å². The number of morpholine rings is 1. The van der Waals surface area contributed by atoms with Crippen LogP contribution in [0.25, 0.3) is 0 Å². The van der Waals surface area contributed by atoms with Gasteiger partial charge in [0, 0.05) is 13.1 Å². The molecule has 2 saturated heterocycles. The highest BCUT2D eigenvalue weighted by molar-refractivity contribution is 5.80. The second-order valence-corrected chi connectivity index (χ2v) is 5.34. The van der Waals surface area contributed by atoms with Crippen molar-refractivity contribution in [3.05, 3.63) is 0 Å². The van der Waals surface area contributed by atoms with Gasteiger partial charge in [-0.2, -0.15) is 0 Å². The monoisotopic (exact) mass is 270 g/mol. The molecule has 0 radical (unpaired) electrons. The van der Waals surface area contributed by atoms with Crippen LogP contribution in [0, 0.1) is 0 Å². The van der Waals surface area contributed by atoms with Gasteiger partial charge in [0.15, 0.2) is 0 Å². The highest BCUT2D eigenvalue weighted by Gasteiger charge is 2.31.